The Hall–Kier alpha value is -0.0400. The zero-order valence-corrected chi connectivity index (χ0v) is 12.2. The quantitative estimate of drug-likeness (QED) is 0.746. The minimum absolute atomic E-state index is 0.440. The molecule has 0 radical (unpaired) electrons. The predicted octanol–water partition coefficient (Wildman–Crippen LogP) is 4.08. The fourth-order valence-corrected chi connectivity index (χ4v) is 3.84. The zero-order chi connectivity index (χ0) is 12.4. The maximum absolute atomic E-state index is 3.62. The van der Waals surface area contributed by atoms with E-state index in [-0.39, 0.29) is 0 Å². The molecule has 0 aromatic rings. The summed E-state index contributed by atoms with van der Waals surface area (Å²) >= 11 is 0. The van der Waals surface area contributed by atoms with Crippen LogP contribution >= 0.6 is 0 Å². The summed E-state index contributed by atoms with van der Waals surface area (Å²) < 4.78 is 0. The molecule has 0 aromatic carbocycles. The molecule has 2 atom stereocenters. The van der Waals surface area contributed by atoms with Gasteiger partial charge in [-0.3, -0.25) is 0 Å². The van der Waals surface area contributed by atoms with Gasteiger partial charge in [0.25, 0.3) is 0 Å². The van der Waals surface area contributed by atoms with Gasteiger partial charge >= 0.3 is 0 Å². The first-order valence-corrected chi connectivity index (χ1v) is 6.99. The molecule has 1 aliphatic heterocycles. The van der Waals surface area contributed by atoms with Crippen LogP contribution in [0.2, 0.25) is 0 Å². The van der Waals surface area contributed by atoms with Crippen molar-refractivity contribution in [1.82, 2.24) is 5.32 Å². The summed E-state index contributed by atoms with van der Waals surface area (Å²) in [6.45, 7) is 16.9. The minimum Gasteiger partial charge on any atom is -0.316 e. The van der Waals surface area contributed by atoms with Crippen LogP contribution in [0.4, 0.5) is 0 Å². The minimum atomic E-state index is 0.440. The van der Waals surface area contributed by atoms with Gasteiger partial charge in [-0.1, -0.05) is 48.0 Å². The summed E-state index contributed by atoms with van der Waals surface area (Å²) in [5.41, 5.74) is 0.927. The summed E-state index contributed by atoms with van der Waals surface area (Å²) in [6, 6.07) is 0. The lowest BCUT2D eigenvalue weighted by atomic mass is 9.62. The lowest BCUT2D eigenvalue weighted by molar-refractivity contribution is 0.0604. The predicted molar refractivity (Wildman–Crippen MR) is 72.6 cm³/mol. The average Bonchev–Trinajstić information content (AvgIpc) is 2.12. The maximum Gasteiger partial charge on any atom is 0.000272 e. The van der Waals surface area contributed by atoms with E-state index in [1.165, 1.54) is 32.4 Å². The smallest absolute Gasteiger partial charge is 0.000272 e. The molecule has 1 aliphatic rings. The van der Waals surface area contributed by atoms with Crippen molar-refractivity contribution >= 4 is 0 Å². The van der Waals surface area contributed by atoms with Crippen molar-refractivity contribution in [3.63, 3.8) is 0 Å². The molecule has 1 nitrogen and oxygen atoms in total. The van der Waals surface area contributed by atoms with E-state index in [0.717, 1.165) is 11.8 Å². The second-order valence-corrected chi connectivity index (χ2v) is 7.29. The Morgan fingerprint density at radius 1 is 1.25 bits per heavy atom. The van der Waals surface area contributed by atoms with E-state index < -0.39 is 0 Å². The van der Waals surface area contributed by atoms with Crippen LogP contribution in [0.15, 0.2) is 0 Å². The molecule has 0 saturated carbocycles. The van der Waals surface area contributed by atoms with Crippen LogP contribution in [-0.4, -0.2) is 13.1 Å². The Morgan fingerprint density at radius 2 is 1.88 bits per heavy atom. The van der Waals surface area contributed by atoms with E-state index in [2.05, 4.69) is 46.9 Å². The Balaban J connectivity index is 2.82. The monoisotopic (exact) mass is 225 g/mol. The van der Waals surface area contributed by atoms with Crippen LogP contribution in [0.25, 0.3) is 0 Å². The maximum atomic E-state index is 3.62. The molecule has 0 aliphatic carbocycles. The van der Waals surface area contributed by atoms with Gasteiger partial charge in [0.1, 0.15) is 0 Å². The standard InChI is InChI=1S/C15H31N/c1-7-12(2)13-8-9-16-11-14(3,4)10-15(13,5)6/h12-13,16H,7-11H2,1-6H3. The van der Waals surface area contributed by atoms with Crippen LogP contribution < -0.4 is 5.32 Å². The van der Waals surface area contributed by atoms with Gasteiger partial charge in [-0.25, -0.2) is 0 Å². The van der Waals surface area contributed by atoms with Gasteiger partial charge in [-0.05, 0) is 42.1 Å². The molecule has 16 heavy (non-hydrogen) atoms. The van der Waals surface area contributed by atoms with Crippen LogP contribution in [0.3, 0.4) is 0 Å². The Morgan fingerprint density at radius 3 is 2.44 bits per heavy atom. The van der Waals surface area contributed by atoms with Crippen LogP contribution in [0, 0.1) is 22.7 Å². The summed E-state index contributed by atoms with van der Waals surface area (Å²) in [6.07, 6.45) is 3.99. The van der Waals surface area contributed by atoms with Gasteiger partial charge in [0.2, 0.25) is 0 Å². The van der Waals surface area contributed by atoms with Crippen LogP contribution in [0.5, 0.6) is 0 Å². The molecular formula is C15H31N. The molecule has 1 heterocycles. The van der Waals surface area contributed by atoms with Gasteiger partial charge < -0.3 is 5.32 Å². The molecule has 0 spiro atoms. The van der Waals surface area contributed by atoms with Crippen LogP contribution in [0.1, 0.15) is 60.8 Å². The summed E-state index contributed by atoms with van der Waals surface area (Å²) in [5.74, 6) is 1.72. The SMILES string of the molecule is CCC(C)C1CCNCC(C)(C)CC1(C)C. The van der Waals surface area contributed by atoms with Gasteiger partial charge in [0.15, 0.2) is 0 Å². The van der Waals surface area contributed by atoms with E-state index in [4.69, 9.17) is 0 Å². The van der Waals surface area contributed by atoms with Gasteiger partial charge in [-0.2, -0.15) is 0 Å². The lowest BCUT2D eigenvalue weighted by Crippen LogP contribution is -2.43. The first-order valence-electron chi connectivity index (χ1n) is 6.99. The third-order valence-corrected chi connectivity index (χ3v) is 4.50. The van der Waals surface area contributed by atoms with Crippen molar-refractivity contribution in [1.29, 1.82) is 0 Å². The number of hydrogen-bond acceptors (Lipinski definition) is 1. The Labute approximate surface area is 102 Å². The molecule has 1 saturated heterocycles. The molecule has 1 fully saturated rings. The molecule has 1 rings (SSSR count). The van der Waals surface area contributed by atoms with Crippen molar-refractivity contribution in [2.24, 2.45) is 22.7 Å². The Kier molecular flexibility index (Phi) is 4.45. The molecule has 0 bridgehead atoms. The van der Waals surface area contributed by atoms with E-state index in [1.807, 2.05) is 0 Å². The normalized spacial score (nSPS) is 31.5. The van der Waals surface area contributed by atoms with Crippen molar-refractivity contribution in [2.45, 2.75) is 60.8 Å². The van der Waals surface area contributed by atoms with Crippen molar-refractivity contribution < 1.29 is 0 Å². The largest absolute Gasteiger partial charge is 0.316 e. The highest BCUT2D eigenvalue weighted by atomic mass is 14.9. The molecule has 96 valence electrons. The number of nitrogens with one attached hydrogen (secondary N) is 1. The van der Waals surface area contributed by atoms with Crippen molar-refractivity contribution in [2.75, 3.05) is 13.1 Å². The summed E-state index contributed by atoms with van der Waals surface area (Å²) in [4.78, 5) is 0. The summed E-state index contributed by atoms with van der Waals surface area (Å²) in [5, 5.41) is 3.62. The van der Waals surface area contributed by atoms with Gasteiger partial charge in [-0.15, -0.1) is 0 Å². The van der Waals surface area contributed by atoms with Gasteiger partial charge in [0.05, 0.1) is 0 Å². The molecule has 0 aromatic heterocycles. The molecule has 1 N–H and O–H groups in total. The first-order chi connectivity index (χ1) is 7.28. The molecular weight excluding hydrogens is 194 g/mol. The fraction of sp³-hybridized carbons (Fsp3) is 1.00. The number of rotatable bonds is 2. The van der Waals surface area contributed by atoms with Crippen LogP contribution in [-0.2, 0) is 0 Å². The van der Waals surface area contributed by atoms with E-state index >= 15 is 0 Å². The topological polar surface area (TPSA) is 12.0 Å². The highest BCUT2D eigenvalue weighted by Crippen LogP contribution is 2.45. The second kappa shape index (κ2) is 5.08. The molecule has 1 heteroatoms. The molecule has 0 amide bonds. The van der Waals surface area contributed by atoms with E-state index in [1.54, 1.807) is 0 Å². The lowest BCUT2D eigenvalue weighted by Gasteiger charge is -2.45. The summed E-state index contributed by atoms with van der Waals surface area (Å²) in [7, 11) is 0. The second-order valence-electron chi connectivity index (χ2n) is 7.29. The van der Waals surface area contributed by atoms with Crippen molar-refractivity contribution in [3.05, 3.63) is 0 Å². The molecule has 2 unspecified atom stereocenters. The Bertz CT molecular complexity index is 217. The van der Waals surface area contributed by atoms with E-state index in [9.17, 15) is 0 Å². The van der Waals surface area contributed by atoms with E-state index in [0.29, 0.717) is 10.8 Å². The first kappa shape index (κ1) is 14.0. The highest BCUT2D eigenvalue weighted by molar-refractivity contribution is 4.90. The van der Waals surface area contributed by atoms with Crippen molar-refractivity contribution in [3.8, 4) is 0 Å². The highest BCUT2D eigenvalue weighted by Gasteiger charge is 2.38. The zero-order valence-electron chi connectivity index (χ0n) is 12.2. The fourth-order valence-electron chi connectivity index (χ4n) is 3.84. The third-order valence-electron chi connectivity index (χ3n) is 4.50. The number of hydrogen-bond donors (Lipinski definition) is 1. The third kappa shape index (κ3) is 3.48. The van der Waals surface area contributed by atoms with Gasteiger partial charge in [0, 0.05) is 6.54 Å². The average molecular weight is 225 g/mol.